The van der Waals surface area contributed by atoms with Crippen molar-refractivity contribution in [3.63, 3.8) is 0 Å². The van der Waals surface area contributed by atoms with E-state index in [-0.39, 0.29) is 33.9 Å². The van der Waals surface area contributed by atoms with Crippen molar-refractivity contribution in [1.82, 2.24) is 15.3 Å². The van der Waals surface area contributed by atoms with Crippen molar-refractivity contribution in [2.75, 3.05) is 11.9 Å². The predicted molar refractivity (Wildman–Crippen MR) is 66.3 cm³/mol. The smallest absolute Gasteiger partial charge is 0.241 e. The molecule has 1 aromatic rings. The number of hydrogen-bond donors (Lipinski definition) is 2. The zero-order valence-electron chi connectivity index (χ0n) is 9.20. The molecule has 2 unspecified atom stereocenters. The number of aromatic nitrogens is 2. The van der Waals surface area contributed by atoms with Crippen LogP contribution in [0, 0.1) is 5.92 Å². The molecule has 0 spiro atoms. The second-order valence-corrected chi connectivity index (χ2v) is 4.73. The molecule has 1 saturated heterocycles. The average molecular weight is 275 g/mol. The first-order valence-corrected chi connectivity index (χ1v) is 6.05. The van der Waals surface area contributed by atoms with Crippen LogP contribution in [-0.4, -0.2) is 28.5 Å². The minimum atomic E-state index is -0.220. The molecule has 1 aromatic heterocycles. The van der Waals surface area contributed by atoms with Gasteiger partial charge in [-0.15, -0.1) is 0 Å². The van der Waals surface area contributed by atoms with E-state index < -0.39 is 0 Å². The summed E-state index contributed by atoms with van der Waals surface area (Å²) in [6.07, 6.45) is 2.22. The second kappa shape index (κ2) is 5.16. The Balaban J connectivity index is 2.13. The van der Waals surface area contributed by atoms with Crippen LogP contribution in [-0.2, 0) is 4.79 Å². The van der Waals surface area contributed by atoms with E-state index in [0.29, 0.717) is 0 Å². The fourth-order valence-electron chi connectivity index (χ4n) is 1.83. The Morgan fingerprint density at radius 1 is 1.47 bits per heavy atom. The Hall–Kier alpha value is -0.910. The van der Waals surface area contributed by atoms with Crippen molar-refractivity contribution in [2.24, 2.45) is 5.92 Å². The minimum absolute atomic E-state index is 0.143. The Kier molecular flexibility index (Phi) is 3.81. The molecule has 0 saturated carbocycles. The van der Waals surface area contributed by atoms with Crippen LogP contribution >= 0.6 is 23.2 Å². The number of nitrogens with zero attached hydrogens (tertiary/aromatic N) is 2. The van der Waals surface area contributed by atoms with Crippen LogP contribution < -0.4 is 10.6 Å². The van der Waals surface area contributed by atoms with E-state index in [4.69, 9.17) is 23.2 Å². The Morgan fingerprint density at radius 3 is 2.65 bits per heavy atom. The van der Waals surface area contributed by atoms with E-state index in [0.717, 1.165) is 13.0 Å². The number of anilines is 1. The van der Waals surface area contributed by atoms with Crippen molar-refractivity contribution in [3.05, 3.63) is 16.6 Å². The maximum atomic E-state index is 12.0. The zero-order valence-corrected chi connectivity index (χ0v) is 10.7. The summed E-state index contributed by atoms with van der Waals surface area (Å²) in [7, 11) is 0. The molecule has 0 bridgehead atoms. The summed E-state index contributed by atoms with van der Waals surface area (Å²) < 4.78 is 0. The molecule has 7 heteroatoms. The van der Waals surface area contributed by atoms with Crippen LogP contribution in [0.2, 0.25) is 10.3 Å². The summed E-state index contributed by atoms with van der Waals surface area (Å²) in [6.45, 7) is 2.86. The minimum Gasteiger partial charge on any atom is -0.320 e. The quantitative estimate of drug-likeness (QED) is 0.806. The first kappa shape index (κ1) is 12.5. The molecule has 5 nitrogen and oxygen atoms in total. The Bertz CT molecular complexity index is 420. The molecule has 2 heterocycles. The summed E-state index contributed by atoms with van der Waals surface area (Å²) >= 11 is 11.7. The van der Waals surface area contributed by atoms with Crippen LogP contribution in [0.4, 0.5) is 5.69 Å². The zero-order chi connectivity index (χ0) is 12.4. The highest BCUT2D eigenvalue weighted by Crippen LogP contribution is 2.26. The van der Waals surface area contributed by atoms with E-state index in [1.807, 2.05) is 6.92 Å². The van der Waals surface area contributed by atoms with Gasteiger partial charge >= 0.3 is 0 Å². The number of halogens is 2. The maximum Gasteiger partial charge on any atom is 0.241 e. The molecule has 2 atom stereocenters. The van der Waals surface area contributed by atoms with Gasteiger partial charge in [0.15, 0.2) is 10.3 Å². The lowest BCUT2D eigenvalue weighted by atomic mass is 10.0. The molecule has 92 valence electrons. The van der Waals surface area contributed by atoms with Crippen molar-refractivity contribution in [3.8, 4) is 0 Å². The molecule has 2 N–H and O–H groups in total. The van der Waals surface area contributed by atoms with Gasteiger partial charge < -0.3 is 10.6 Å². The van der Waals surface area contributed by atoms with Crippen molar-refractivity contribution >= 4 is 34.8 Å². The van der Waals surface area contributed by atoms with Crippen LogP contribution in [0.5, 0.6) is 0 Å². The van der Waals surface area contributed by atoms with Gasteiger partial charge in [0.25, 0.3) is 0 Å². The third-order valence-electron chi connectivity index (χ3n) is 2.82. The summed E-state index contributed by atoms with van der Waals surface area (Å²) in [5.41, 5.74) is 0.265. The largest absolute Gasteiger partial charge is 0.320 e. The fraction of sp³-hybridized carbons (Fsp3) is 0.500. The predicted octanol–water partition coefficient (Wildman–Crippen LogP) is 1.72. The molecule has 2 rings (SSSR count). The third kappa shape index (κ3) is 2.68. The van der Waals surface area contributed by atoms with Crippen LogP contribution in [0.15, 0.2) is 6.33 Å². The number of carbonyl (C=O) groups is 1. The van der Waals surface area contributed by atoms with E-state index in [9.17, 15) is 4.79 Å². The normalized spacial score (nSPS) is 23.7. The number of nitrogens with one attached hydrogen (secondary N) is 2. The third-order valence-corrected chi connectivity index (χ3v) is 3.39. The highest BCUT2D eigenvalue weighted by Gasteiger charge is 2.30. The van der Waals surface area contributed by atoms with Gasteiger partial charge in [0.2, 0.25) is 5.91 Å². The van der Waals surface area contributed by atoms with Gasteiger partial charge in [0, 0.05) is 0 Å². The fourth-order valence-corrected chi connectivity index (χ4v) is 2.24. The number of carbonyl (C=O) groups excluding carboxylic acids is 1. The topological polar surface area (TPSA) is 66.9 Å². The van der Waals surface area contributed by atoms with E-state index in [1.54, 1.807) is 0 Å². The van der Waals surface area contributed by atoms with Gasteiger partial charge in [-0.05, 0) is 18.9 Å². The lowest BCUT2D eigenvalue weighted by molar-refractivity contribution is -0.118. The van der Waals surface area contributed by atoms with Gasteiger partial charge in [-0.1, -0.05) is 30.1 Å². The summed E-state index contributed by atoms with van der Waals surface area (Å²) in [6, 6.07) is -0.220. The lowest BCUT2D eigenvalue weighted by Crippen LogP contribution is -2.39. The Morgan fingerprint density at radius 2 is 2.12 bits per heavy atom. The van der Waals surface area contributed by atoms with Crippen molar-refractivity contribution in [1.29, 1.82) is 0 Å². The van der Waals surface area contributed by atoms with Gasteiger partial charge in [-0.25, -0.2) is 9.97 Å². The van der Waals surface area contributed by atoms with Crippen LogP contribution in [0.1, 0.15) is 13.3 Å². The number of amides is 1. The molecule has 1 aliphatic heterocycles. The maximum absolute atomic E-state index is 12.0. The van der Waals surface area contributed by atoms with Gasteiger partial charge in [-0.2, -0.15) is 0 Å². The van der Waals surface area contributed by atoms with E-state index in [2.05, 4.69) is 20.6 Å². The molecule has 1 fully saturated rings. The first-order valence-electron chi connectivity index (χ1n) is 5.30. The van der Waals surface area contributed by atoms with Crippen LogP contribution in [0.3, 0.4) is 0 Å². The molecule has 0 radical (unpaired) electrons. The number of hydrogen-bond acceptors (Lipinski definition) is 4. The van der Waals surface area contributed by atoms with Crippen molar-refractivity contribution < 1.29 is 4.79 Å². The monoisotopic (exact) mass is 274 g/mol. The molecular weight excluding hydrogens is 263 g/mol. The molecule has 0 aliphatic carbocycles. The Labute approximate surface area is 109 Å². The van der Waals surface area contributed by atoms with Gasteiger partial charge in [0.05, 0.1) is 6.04 Å². The van der Waals surface area contributed by atoms with Gasteiger partial charge in [-0.3, -0.25) is 4.79 Å². The summed E-state index contributed by atoms with van der Waals surface area (Å²) in [5.74, 6) is 0.130. The SMILES string of the molecule is CC1CCNC1C(=O)Nc1c(Cl)ncnc1Cl. The first-order chi connectivity index (χ1) is 8.09. The van der Waals surface area contributed by atoms with E-state index >= 15 is 0 Å². The molecule has 0 aromatic carbocycles. The molecular formula is C10H12Cl2N4O. The van der Waals surface area contributed by atoms with Crippen molar-refractivity contribution in [2.45, 2.75) is 19.4 Å². The van der Waals surface area contributed by atoms with Gasteiger partial charge in [0.1, 0.15) is 12.0 Å². The molecule has 17 heavy (non-hydrogen) atoms. The average Bonchev–Trinajstić information content (AvgIpc) is 2.70. The highest BCUT2D eigenvalue weighted by atomic mass is 35.5. The number of rotatable bonds is 2. The highest BCUT2D eigenvalue weighted by molar-refractivity contribution is 6.38. The summed E-state index contributed by atoms with van der Waals surface area (Å²) in [4.78, 5) is 19.5. The summed E-state index contributed by atoms with van der Waals surface area (Å²) in [5, 5.41) is 6.07. The standard InChI is InChI=1S/C10H12Cl2N4O/c1-5-2-3-13-6(5)10(17)16-7-8(11)14-4-15-9(7)12/h4-6,13H,2-3H2,1H3,(H,16,17). The van der Waals surface area contributed by atoms with Crippen LogP contribution in [0.25, 0.3) is 0 Å². The molecule has 1 aliphatic rings. The lowest BCUT2D eigenvalue weighted by Gasteiger charge is -2.16. The second-order valence-electron chi connectivity index (χ2n) is 4.02. The van der Waals surface area contributed by atoms with E-state index in [1.165, 1.54) is 6.33 Å². The molecule has 1 amide bonds.